The third kappa shape index (κ3) is 18.3. The minimum atomic E-state index is -2.64. The molecule has 7 nitrogen and oxygen atoms in total. The number of halogens is 4. The van der Waals surface area contributed by atoms with Crippen LogP contribution >= 0.6 is 69.1 Å². The summed E-state index contributed by atoms with van der Waals surface area (Å²) in [6, 6.07) is 31.6. The molecule has 11 rings (SSSR count). The first-order chi connectivity index (χ1) is 53.7. The first kappa shape index (κ1) is 84.8. The lowest BCUT2D eigenvalue weighted by Crippen LogP contribution is -2.55. The Morgan fingerprint density at radius 2 is 0.691 bits per heavy atom. The van der Waals surface area contributed by atoms with Crippen LogP contribution in [0, 0.1) is 35.8 Å². The fourth-order valence-corrected chi connectivity index (χ4v) is 34.5. The Morgan fingerprint density at radius 3 is 0.991 bits per heavy atom. The summed E-state index contributed by atoms with van der Waals surface area (Å²) < 4.78 is 2.88. The Balaban J connectivity index is 1.20. The second-order valence-corrected chi connectivity index (χ2v) is 44.6. The standard InChI is InChI=1S/C95H115Cl4N5O2S2Si2/c1-9-15-21-27-33-39-45-65(46-40-34-28-22-16-10-2)104-84-59-74-86(109(47-41-35-29-23-17-11-3,48-42-36-30-24-18-12-4)88-53-66(107-94(74)88)51-76-90(82(63-100)102-7)70-55-78(96)80(98)57-72(70)92(76)105)61-68(84)69-62-87-75(60-85(69)104)95-89(110(87,49-43-37-31-25-19-13-5)50-44-38-32-26-20-14-6)54-67(108-95)52-77-91(83(64-101)103-8)71-56-79(97)81(99)58-73(71)93(77)106/h51-62,65H,9-50H2,1-6H3/b76-51-,77-52-,90-82-,91-83+. The average Bonchev–Trinajstić information content (AvgIpc) is 1.52. The molecule has 0 unspecified atom stereocenters. The highest BCUT2D eigenvalue weighted by Gasteiger charge is 2.49. The molecule has 15 heteroatoms. The van der Waals surface area contributed by atoms with E-state index in [1.165, 1.54) is 246 Å². The van der Waals surface area contributed by atoms with E-state index in [4.69, 9.17) is 59.5 Å². The van der Waals surface area contributed by atoms with Crippen LogP contribution in [0.3, 0.4) is 0 Å². The molecule has 580 valence electrons. The predicted octanol–water partition coefficient (Wildman–Crippen LogP) is 30.0. The monoisotopic (exact) mass is 1620 g/mol. The van der Waals surface area contributed by atoms with Crippen molar-refractivity contribution in [2.24, 2.45) is 0 Å². The zero-order valence-electron chi connectivity index (χ0n) is 66.6. The molecule has 0 saturated carbocycles. The maximum absolute atomic E-state index is 15.0. The number of unbranched alkanes of at least 4 members (excludes halogenated alkanes) is 30. The largest absolute Gasteiger partial charge is 0.337 e. The SMILES string of the molecule is [C-]#[N+]/C(C#N)=C1\C(=C\c2cc3c(s2)-c2cc4c(cc2[Si]3(CCCCCCCC)CCCCCCCC)c2cc3c(cc2n4C(CCCCCCCC)CCCCCCCC)-c2sc(/C=C4\C(=O)c5cc(Cl)c(Cl)cc5\C4=C(\C#N)[N+]#[C-])cc2[Si]3(CCCCCCCC)CCCCCCCC)C(=O)c2cc(Cl)c(Cl)cc21. The van der Waals surface area contributed by atoms with Crippen LogP contribution in [0.25, 0.3) is 75.7 Å². The number of carbonyl (C=O) groups is 2. The molecule has 0 atom stereocenters. The van der Waals surface area contributed by atoms with E-state index in [0.29, 0.717) is 44.5 Å². The van der Waals surface area contributed by atoms with Crippen molar-refractivity contribution >= 4 is 163 Å². The van der Waals surface area contributed by atoms with Crippen LogP contribution in [0.5, 0.6) is 0 Å². The minimum Gasteiger partial charge on any atom is -0.337 e. The van der Waals surface area contributed by atoms with Gasteiger partial charge < -0.3 is 4.57 Å². The topological polar surface area (TPSA) is 95.4 Å². The van der Waals surface area contributed by atoms with Gasteiger partial charge in [-0.2, -0.15) is 0 Å². The summed E-state index contributed by atoms with van der Waals surface area (Å²) in [4.78, 5) is 42.0. The number of thiophene rings is 2. The van der Waals surface area contributed by atoms with Crippen LogP contribution in [0.15, 0.2) is 83.2 Å². The number of fused-ring (bicyclic) bond motifs is 11. The number of benzene rings is 4. The van der Waals surface area contributed by atoms with E-state index in [9.17, 15) is 20.1 Å². The summed E-state index contributed by atoms with van der Waals surface area (Å²) in [7, 11) is -5.29. The number of hydrogen-bond donors (Lipinski definition) is 0. The molecule has 4 aliphatic rings. The van der Waals surface area contributed by atoms with Crippen LogP contribution in [0.4, 0.5) is 0 Å². The van der Waals surface area contributed by atoms with E-state index in [1.54, 1.807) is 57.3 Å². The molecule has 4 aromatic carbocycles. The fourth-order valence-electron chi connectivity index (χ4n) is 19.0. The zero-order valence-corrected chi connectivity index (χ0v) is 73.2. The Morgan fingerprint density at radius 1 is 0.400 bits per heavy atom. The maximum Gasteiger partial charge on any atom is 0.270 e. The van der Waals surface area contributed by atoms with Crippen molar-refractivity contribution in [2.75, 3.05) is 0 Å². The van der Waals surface area contributed by atoms with Crippen LogP contribution in [0.2, 0.25) is 44.3 Å². The number of aromatic nitrogens is 1. The highest BCUT2D eigenvalue weighted by atomic mass is 35.5. The van der Waals surface area contributed by atoms with E-state index in [0.717, 1.165) is 85.3 Å². The van der Waals surface area contributed by atoms with Gasteiger partial charge in [0.1, 0.15) is 16.1 Å². The van der Waals surface area contributed by atoms with Crippen LogP contribution in [-0.2, 0) is 0 Å². The molecule has 5 heterocycles. The summed E-state index contributed by atoms with van der Waals surface area (Å²) in [5.41, 5.74) is 8.13. The molecule has 110 heavy (non-hydrogen) atoms. The highest BCUT2D eigenvalue weighted by Crippen LogP contribution is 2.51. The van der Waals surface area contributed by atoms with Crippen molar-refractivity contribution in [3.63, 3.8) is 0 Å². The number of allylic oxidation sites excluding steroid dienone is 6. The quantitative estimate of drug-likeness (QED) is 0.0125. The molecule has 0 spiro atoms. The van der Waals surface area contributed by atoms with Crippen molar-refractivity contribution in [2.45, 2.75) is 316 Å². The average molecular weight is 1620 g/mol. The number of hydrogen-bond acceptors (Lipinski definition) is 6. The van der Waals surface area contributed by atoms with Gasteiger partial charge in [-0.1, -0.05) is 331 Å². The van der Waals surface area contributed by atoms with Gasteiger partial charge in [-0.3, -0.25) is 9.59 Å². The first-order valence-corrected chi connectivity index (χ1v) is 50.7. The Bertz CT molecular complexity index is 4440. The zero-order chi connectivity index (χ0) is 77.9. The lowest BCUT2D eigenvalue weighted by molar-refractivity contribution is 0.103. The second-order valence-electron chi connectivity index (χ2n) is 32.3. The van der Waals surface area contributed by atoms with E-state index in [1.807, 2.05) is 12.2 Å². The van der Waals surface area contributed by atoms with Gasteiger partial charge in [-0.05, 0) is 141 Å². The number of Topliss-reactive ketones (excluding diaryl/α,β-unsaturated/α-hetero) is 2. The number of carbonyl (C=O) groups excluding carboxylic acids is 2. The minimum absolute atomic E-state index is 0.135. The third-order valence-corrected chi connectivity index (χ3v) is 39.4. The van der Waals surface area contributed by atoms with Crippen LogP contribution < -0.4 is 20.7 Å². The van der Waals surface area contributed by atoms with Crippen molar-refractivity contribution in [1.82, 2.24) is 4.57 Å². The third-order valence-electron chi connectivity index (χ3n) is 24.8. The molecule has 0 fully saturated rings. The predicted molar refractivity (Wildman–Crippen MR) is 480 cm³/mol. The van der Waals surface area contributed by atoms with E-state index in [-0.39, 0.29) is 49.1 Å². The smallest absolute Gasteiger partial charge is 0.270 e. The summed E-state index contributed by atoms with van der Waals surface area (Å²) in [5, 5.41) is 31.2. The van der Waals surface area contributed by atoms with Gasteiger partial charge >= 0.3 is 0 Å². The number of ketones is 2. The van der Waals surface area contributed by atoms with Crippen molar-refractivity contribution in [3.8, 4) is 33.0 Å². The molecule has 0 saturated heterocycles. The summed E-state index contributed by atoms with van der Waals surface area (Å²) in [5.74, 6) is -0.502. The van der Waals surface area contributed by atoms with Gasteiger partial charge in [0.05, 0.1) is 45.4 Å². The van der Waals surface area contributed by atoms with Crippen molar-refractivity contribution in [1.29, 1.82) is 10.5 Å². The molecule has 2 aliphatic heterocycles. The molecule has 0 radical (unpaired) electrons. The molecular formula is C95H115Cl4N5O2S2Si2. The van der Waals surface area contributed by atoms with E-state index < -0.39 is 16.1 Å². The van der Waals surface area contributed by atoms with Crippen LogP contribution in [-0.4, -0.2) is 32.3 Å². The lowest BCUT2D eigenvalue weighted by atomic mass is 9.99. The molecular weight excluding hydrogens is 1510 g/mol. The highest BCUT2D eigenvalue weighted by molar-refractivity contribution is 7.23. The first-order valence-electron chi connectivity index (χ1n) is 42.7. The number of nitrogens with zero attached hydrogens (tertiary/aromatic N) is 5. The van der Waals surface area contributed by atoms with Gasteiger partial charge in [0.25, 0.3) is 11.4 Å². The summed E-state index contributed by atoms with van der Waals surface area (Å²) in [6.07, 6.45) is 50.1. The normalized spacial score (nSPS) is 15.9. The van der Waals surface area contributed by atoms with Gasteiger partial charge in [0, 0.05) is 80.8 Å². The Hall–Kier alpha value is -6.07. The van der Waals surface area contributed by atoms with Gasteiger partial charge in [-0.25, -0.2) is 20.2 Å². The van der Waals surface area contributed by atoms with Gasteiger partial charge in [0.2, 0.25) is 0 Å². The molecule has 0 bridgehead atoms. The summed E-state index contributed by atoms with van der Waals surface area (Å²) in [6.45, 7) is 30.4. The van der Waals surface area contributed by atoms with Crippen LogP contribution in [0.1, 0.15) is 333 Å². The van der Waals surface area contributed by atoms with Gasteiger partial charge in [-0.15, -0.1) is 22.7 Å². The maximum atomic E-state index is 15.0. The summed E-state index contributed by atoms with van der Waals surface area (Å²) >= 11 is 30.4. The van der Waals surface area contributed by atoms with E-state index >= 15 is 0 Å². The number of rotatable bonds is 45. The molecule has 0 N–H and O–H groups in total. The van der Waals surface area contributed by atoms with Crippen molar-refractivity contribution in [3.05, 3.63) is 158 Å². The van der Waals surface area contributed by atoms with Crippen molar-refractivity contribution < 1.29 is 9.59 Å². The Labute approximate surface area is 688 Å². The fraction of sp³-hybridized carbons (Fsp3) is 0.516. The molecule has 3 aromatic heterocycles. The molecule has 2 aliphatic carbocycles. The lowest BCUT2D eigenvalue weighted by Gasteiger charge is -2.30. The van der Waals surface area contributed by atoms with Gasteiger partial charge in [0.15, 0.2) is 11.6 Å². The number of nitriles is 2. The van der Waals surface area contributed by atoms with E-state index in [2.05, 4.69) is 104 Å². The Kier molecular flexibility index (Phi) is 31.5. The molecule has 7 aromatic rings. The molecule has 0 amide bonds. The second kappa shape index (κ2) is 40.8.